The molecule has 3 N–H and O–H groups in total. The number of sulfone groups is 1. The fraction of sp³-hybridized carbons (Fsp3) is 0.227. The van der Waals surface area contributed by atoms with Gasteiger partial charge in [-0.1, -0.05) is 43.0 Å². The minimum absolute atomic E-state index is 0.116. The van der Waals surface area contributed by atoms with Crippen LogP contribution >= 0.6 is 11.8 Å². The summed E-state index contributed by atoms with van der Waals surface area (Å²) in [6.45, 7) is 5.88. The molecule has 0 saturated heterocycles. The van der Waals surface area contributed by atoms with Gasteiger partial charge >= 0.3 is 0 Å². The summed E-state index contributed by atoms with van der Waals surface area (Å²) in [5.74, 6) is -0.329. The number of aryl methyl sites for hydroxylation is 2. The SMILES string of the molecule is CCC(Sc1ncc(S(=O)(=O)c2ccccc2)c(N)n1)C(=O)Nc1ccc(C)c(C)c1. The first kappa shape index (κ1) is 22.8. The third-order valence-electron chi connectivity index (χ3n) is 4.79. The van der Waals surface area contributed by atoms with Crippen LogP contribution in [0, 0.1) is 13.8 Å². The van der Waals surface area contributed by atoms with E-state index in [1.165, 1.54) is 18.3 Å². The van der Waals surface area contributed by atoms with E-state index in [0.717, 1.165) is 28.6 Å². The lowest BCUT2D eigenvalue weighted by atomic mass is 10.1. The van der Waals surface area contributed by atoms with Crippen molar-refractivity contribution in [2.75, 3.05) is 11.1 Å². The van der Waals surface area contributed by atoms with Crippen LogP contribution in [0.25, 0.3) is 0 Å². The number of nitrogens with zero attached hydrogens (tertiary/aromatic N) is 2. The first-order chi connectivity index (χ1) is 14.7. The van der Waals surface area contributed by atoms with Crippen molar-refractivity contribution in [1.29, 1.82) is 0 Å². The minimum atomic E-state index is -3.82. The maximum atomic E-state index is 12.8. The Balaban J connectivity index is 1.77. The third-order valence-corrected chi connectivity index (χ3v) is 7.81. The van der Waals surface area contributed by atoms with Crippen molar-refractivity contribution in [3.05, 3.63) is 65.9 Å². The molecule has 9 heteroatoms. The quantitative estimate of drug-likeness (QED) is 0.407. The van der Waals surface area contributed by atoms with Crippen LogP contribution < -0.4 is 11.1 Å². The number of hydrogen-bond acceptors (Lipinski definition) is 7. The lowest BCUT2D eigenvalue weighted by Crippen LogP contribution is -2.25. The molecule has 1 heterocycles. The predicted molar refractivity (Wildman–Crippen MR) is 123 cm³/mol. The van der Waals surface area contributed by atoms with Gasteiger partial charge in [-0.05, 0) is 55.7 Å². The Morgan fingerprint density at radius 3 is 2.45 bits per heavy atom. The average molecular weight is 457 g/mol. The highest BCUT2D eigenvalue weighted by Crippen LogP contribution is 2.28. The number of nitrogens with two attached hydrogens (primary N) is 1. The van der Waals surface area contributed by atoms with Gasteiger partial charge < -0.3 is 11.1 Å². The first-order valence-electron chi connectivity index (χ1n) is 9.69. The summed E-state index contributed by atoms with van der Waals surface area (Å²) in [4.78, 5) is 21.0. The number of anilines is 2. The maximum absolute atomic E-state index is 12.8. The zero-order valence-electron chi connectivity index (χ0n) is 17.5. The molecule has 1 atom stereocenters. The molecular formula is C22H24N4O3S2. The number of hydrogen-bond donors (Lipinski definition) is 2. The topological polar surface area (TPSA) is 115 Å². The molecule has 0 aliphatic carbocycles. The van der Waals surface area contributed by atoms with Gasteiger partial charge in [0.2, 0.25) is 15.7 Å². The lowest BCUT2D eigenvalue weighted by Gasteiger charge is -2.15. The Morgan fingerprint density at radius 2 is 1.84 bits per heavy atom. The van der Waals surface area contributed by atoms with Gasteiger partial charge in [0.15, 0.2) is 5.16 Å². The van der Waals surface area contributed by atoms with E-state index in [2.05, 4.69) is 15.3 Å². The summed E-state index contributed by atoms with van der Waals surface area (Å²) < 4.78 is 25.6. The predicted octanol–water partition coefficient (Wildman–Crippen LogP) is 4.02. The Bertz CT molecular complexity index is 1200. The van der Waals surface area contributed by atoms with Gasteiger partial charge in [-0.3, -0.25) is 4.79 Å². The number of nitrogens with one attached hydrogen (secondary N) is 1. The van der Waals surface area contributed by atoms with E-state index < -0.39 is 15.1 Å². The molecule has 1 unspecified atom stereocenters. The van der Waals surface area contributed by atoms with Crippen LogP contribution in [0.3, 0.4) is 0 Å². The zero-order chi connectivity index (χ0) is 22.6. The summed E-state index contributed by atoms with van der Waals surface area (Å²) in [6, 6.07) is 13.7. The van der Waals surface area contributed by atoms with Crippen molar-refractivity contribution in [3.63, 3.8) is 0 Å². The molecule has 0 spiro atoms. The van der Waals surface area contributed by atoms with E-state index in [1.807, 2.05) is 39.0 Å². The number of benzene rings is 2. The number of amides is 1. The molecule has 3 aromatic rings. The van der Waals surface area contributed by atoms with Crippen molar-refractivity contribution < 1.29 is 13.2 Å². The first-order valence-corrected chi connectivity index (χ1v) is 12.1. The molecule has 0 aliphatic heterocycles. The second kappa shape index (κ2) is 9.49. The number of rotatable bonds is 7. The Hall–Kier alpha value is -2.91. The van der Waals surface area contributed by atoms with Crippen LogP contribution in [0.5, 0.6) is 0 Å². The van der Waals surface area contributed by atoms with Gasteiger partial charge in [-0.25, -0.2) is 18.4 Å². The Morgan fingerprint density at radius 1 is 1.13 bits per heavy atom. The number of thioether (sulfide) groups is 1. The summed E-state index contributed by atoms with van der Waals surface area (Å²) >= 11 is 1.14. The van der Waals surface area contributed by atoms with E-state index in [-0.39, 0.29) is 26.7 Å². The van der Waals surface area contributed by atoms with E-state index in [0.29, 0.717) is 6.42 Å². The van der Waals surface area contributed by atoms with Crippen LogP contribution in [0.15, 0.2) is 69.7 Å². The van der Waals surface area contributed by atoms with Crippen molar-refractivity contribution in [1.82, 2.24) is 9.97 Å². The van der Waals surface area contributed by atoms with Gasteiger partial charge in [-0.15, -0.1) is 0 Å². The highest BCUT2D eigenvalue weighted by molar-refractivity contribution is 8.00. The molecule has 3 rings (SSSR count). The van der Waals surface area contributed by atoms with Crippen molar-refractivity contribution in [2.24, 2.45) is 0 Å². The molecule has 1 amide bonds. The zero-order valence-corrected chi connectivity index (χ0v) is 19.1. The molecule has 7 nitrogen and oxygen atoms in total. The molecule has 0 radical (unpaired) electrons. The number of nitrogen functional groups attached to an aromatic ring is 1. The van der Waals surface area contributed by atoms with Gasteiger partial charge in [0, 0.05) is 5.69 Å². The summed E-state index contributed by atoms with van der Waals surface area (Å²) in [5, 5.41) is 2.69. The molecule has 0 fully saturated rings. The largest absolute Gasteiger partial charge is 0.382 e. The molecule has 0 bridgehead atoms. The second-order valence-electron chi connectivity index (χ2n) is 7.02. The summed E-state index contributed by atoms with van der Waals surface area (Å²) in [6.07, 6.45) is 1.73. The standard InChI is InChI=1S/C22H24N4O3S2/c1-4-18(21(27)25-16-11-10-14(2)15(3)12-16)30-22-24-13-19(20(23)26-22)31(28,29)17-8-6-5-7-9-17/h5-13,18H,4H2,1-3H3,(H,25,27)(H2,23,24,26). The molecule has 162 valence electrons. The monoisotopic (exact) mass is 456 g/mol. The van der Waals surface area contributed by atoms with Gasteiger partial charge in [0.25, 0.3) is 0 Å². The van der Waals surface area contributed by atoms with E-state index >= 15 is 0 Å². The van der Waals surface area contributed by atoms with Crippen molar-refractivity contribution >= 4 is 39.0 Å². The fourth-order valence-electron chi connectivity index (χ4n) is 2.85. The average Bonchev–Trinajstić information content (AvgIpc) is 2.75. The Labute approximate surface area is 186 Å². The summed E-state index contributed by atoms with van der Waals surface area (Å²) in [5.41, 5.74) is 8.90. The smallest absolute Gasteiger partial charge is 0.237 e. The number of carbonyl (C=O) groups excluding carboxylic acids is 1. The van der Waals surface area contributed by atoms with Gasteiger partial charge in [0.05, 0.1) is 16.3 Å². The minimum Gasteiger partial charge on any atom is -0.382 e. The number of carbonyl (C=O) groups is 1. The molecule has 0 saturated carbocycles. The normalized spacial score (nSPS) is 12.4. The molecule has 31 heavy (non-hydrogen) atoms. The van der Waals surface area contributed by atoms with Crippen LogP contribution in [0.2, 0.25) is 0 Å². The van der Waals surface area contributed by atoms with Crippen LogP contribution in [-0.4, -0.2) is 29.5 Å². The fourth-order valence-corrected chi connectivity index (χ4v) is 4.98. The van der Waals surface area contributed by atoms with Gasteiger partial charge in [0.1, 0.15) is 10.7 Å². The molecular weight excluding hydrogens is 432 g/mol. The molecule has 0 aliphatic rings. The Kier molecular flexibility index (Phi) is 6.97. The van der Waals surface area contributed by atoms with Gasteiger partial charge in [-0.2, -0.15) is 0 Å². The van der Waals surface area contributed by atoms with Crippen LogP contribution in [-0.2, 0) is 14.6 Å². The lowest BCUT2D eigenvalue weighted by molar-refractivity contribution is -0.115. The molecule has 1 aromatic heterocycles. The van der Waals surface area contributed by atoms with Crippen LogP contribution in [0.1, 0.15) is 24.5 Å². The van der Waals surface area contributed by atoms with E-state index in [9.17, 15) is 13.2 Å². The second-order valence-corrected chi connectivity index (χ2v) is 10.1. The van der Waals surface area contributed by atoms with E-state index in [4.69, 9.17) is 5.73 Å². The third kappa shape index (κ3) is 5.23. The molecule has 2 aromatic carbocycles. The van der Waals surface area contributed by atoms with Crippen LogP contribution in [0.4, 0.5) is 11.5 Å². The van der Waals surface area contributed by atoms with Crippen molar-refractivity contribution in [2.45, 2.75) is 47.4 Å². The van der Waals surface area contributed by atoms with E-state index in [1.54, 1.807) is 18.2 Å². The highest BCUT2D eigenvalue weighted by Gasteiger charge is 2.24. The highest BCUT2D eigenvalue weighted by atomic mass is 32.2. The van der Waals surface area contributed by atoms with Crippen molar-refractivity contribution in [3.8, 4) is 0 Å². The summed E-state index contributed by atoms with van der Waals surface area (Å²) in [7, 11) is -3.82. The maximum Gasteiger partial charge on any atom is 0.237 e. The number of aromatic nitrogens is 2.